The number of amides is 2. The number of nitrogens with zero attached hydrogens (tertiary/aromatic N) is 3. The summed E-state index contributed by atoms with van der Waals surface area (Å²) in [6.07, 6.45) is 0. The molecule has 1 aromatic heterocycles. The van der Waals surface area contributed by atoms with Crippen LogP contribution in [-0.2, 0) is 26.7 Å². The molecule has 0 atom stereocenters. The molecule has 2 aromatic rings. The summed E-state index contributed by atoms with van der Waals surface area (Å²) in [5.74, 6) is -0.712. The fourth-order valence-electron chi connectivity index (χ4n) is 2.51. The SMILES string of the molecule is CC(=O)Nc1ccc(S(=O)(=O)N(C)CC(=O)Nc2c(C)nn(C)c2C)cc1. The number of sulfonamides is 1. The van der Waals surface area contributed by atoms with Gasteiger partial charge in [-0.25, -0.2) is 8.42 Å². The quantitative estimate of drug-likeness (QED) is 0.767. The Balaban J connectivity index is 2.10. The number of benzene rings is 1. The maximum Gasteiger partial charge on any atom is 0.243 e. The number of anilines is 2. The van der Waals surface area contributed by atoms with Gasteiger partial charge in [0.1, 0.15) is 0 Å². The van der Waals surface area contributed by atoms with Crippen molar-refractivity contribution >= 4 is 33.2 Å². The van der Waals surface area contributed by atoms with E-state index in [2.05, 4.69) is 15.7 Å². The van der Waals surface area contributed by atoms with Gasteiger partial charge in [-0.15, -0.1) is 0 Å². The first-order valence-corrected chi connectivity index (χ1v) is 9.60. The highest BCUT2D eigenvalue weighted by molar-refractivity contribution is 7.89. The van der Waals surface area contributed by atoms with Gasteiger partial charge in [-0.1, -0.05) is 0 Å². The molecule has 146 valence electrons. The lowest BCUT2D eigenvalue weighted by atomic mass is 10.3. The molecular formula is C17H23N5O4S. The third kappa shape index (κ3) is 4.72. The van der Waals surface area contributed by atoms with Gasteiger partial charge >= 0.3 is 0 Å². The first-order chi connectivity index (χ1) is 12.5. The first-order valence-electron chi connectivity index (χ1n) is 8.16. The summed E-state index contributed by atoms with van der Waals surface area (Å²) in [6.45, 7) is 4.60. The molecule has 10 heteroatoms. The summed E-state index contributed by atoms with van der Waals surface area (Å²) in [5.41, 5.74) is 2.50. The largest absolute Gasteiger partial charge is 0.326 e. The van der Waals surface area contributed by atoms with Crippen LogP contribution in [0.15, 0.2) is 29.2 Å². The fraction of sp³-hybridized carbons (Fsp3) is 0.353. The van der Waals surface area contributed by atoms with Crippen molar-refractivity contribution in [2.75, 3.05) is 24.2 Å². The van der Waals surface area contributed by atoms with Crippen LogP contribution in [0.3, 0.4) is 0 Å². The molecule has 27 heavy (non-hydrogen) atoms. The summed E-state index contributed by atoms with van der Waals surface area (Å²) in [6, 6.07) is 5.74. The topological polar surface area (TPSA) is 113 Å². The van der Waals surface area contributed by atoms with Gasteiger partial charge in [-0.3, -0.25) is 14.3 Å². The van der Waals surface area contributed by atoms with Crippen molar-refractivity contribution in [1.29, 1.82) is 0 Å². The van der Waals surface area contributed by atoms with Crippen LogP contribution in [0.25, 0.3) is 0 Å². The minimum Gasteiger partial charge on any atom is -0.326 e. The average molecular weight is 393 g/mol. The van der Waals surface area contributed by atoms with Gasteiger partial charge in [-0.05, 0) is 38.1 Å². The number of aryl methyl sites for hydroxylation is 2. The molecule has 9 nitrogen and oxygen atoms in total. The van der Waals surface area contributed by atoms with Gasteiger partial charge in [0.2, 0.25) is 21.8 Å². The van der Waals surface area contributed by atoms with Crippen molar-refractivity contribution in [1.82, 2.24) is 14.1 Å². The molecule has 2 amide bonds. The number of hydrogen-bond donors (Lipinski definition) is 2. The second-order valence-corrected chi connectivity index (χ2v) is 8.23. The number of hydrogen-bond acceptors (Lipinski definition) is 5. The van der Waals surface area contributed by atoms with Crippen molar-refractivity contribution in [3.8, 4) is 0 Å². The summed E-state index contributed by atoms with van der Waals surface area (Å²) >= 11 is 0. The van der Waals surface area contributed by atoms with E-state index in [1.807, 2.05) is 6.92 Å². The third-order valence-electron chi connectivity index (χ3n) is 4.02. The normalized spacial score (nSPS) is 11.5. The van der Waals surface area contributed by atoms with Crippen LogP contribution in [0.4, 0.5) is 11.4 Å². The molecule has 0 aliphatic heterocycles. The zero-order chi connectivity index (χ0) is 20.4. The Morgan fingerprint density at radius 2 is 1.74 bits per heavy atom. The Hall–Kier alpha value is -2.72. The number of likely N-dealkylation sites (N-methyl/N-ethyl adjacent to an activating group) is 1. The predicted octanol–water partition coefficient (Wildman–Crippen LogP) is 1.25. The Labute approximate surface area is 158 Å². The molecule has 1 heterocycles. The molecule has 0 saturated heterocycles. The second-order valence-electron chi connectivity index (χ2n) is 6.18. The number of carbonyl (C=O) groups excluding carboxylic acids is 2. The molecule has 2 N–H and O–H groups in total. The van der Waals surface area contributed by atoms with E-state index in [4.69, 9.17) is 0 Å². The summed E-state index contributed by atoms with van der Waals surface area (Å²) in [4.78, 5) is 23.4. The summed E-state index contributed by atoms with van der Waals surface area (Å²) in [5, 5.41) is 9.48. The summed E-state index contributed by atoms with van der Waals surface area (Å²) < 4.78 is 27.9. The first kappa shape index (κ1) is 20.6. The Morgan fingerprint density at radius 3 is 2.22 bits per heavy atom. The monoisotopic (exact) mass is 393 g/mol. The molecule has 0 saturated carbocycles. The van der Waals surface area contributed by atoms with Crippen LogP contribution in [0.2, 0.25) is 0 Å². The van der Waals surface area contributed by atoms with E-state index in [9.17, 15) is 18.0 Å². The van der Waals surface area contributed by atoms with Crippen molar-refractivity contribution in [3.05, 3.63) is 35.7 Å². The minimum atomic E-state index is -3.85. The van der Waals surface area contributed by atoms with Crippen molar-refractivity contribution in [3.63, 3.8) is 0 Å². The fourth-order valence-corrected chi connectivity index (χ4v) is 3.64. The van der Waals surface area contributed by atoms with Crippen LogP contribution < -0.4 is 10.6 Å². The number of aromatic nitrogens is 2. The Morgan fingerprint density at radius 1 is 1.15 bits per heavy atom. The van der Waals surface area contributed by atoms with Crippen LogP contribution in [0.1, 0.15) is 18.3 Å². The number of nitrogens with one attached hydrogen (secondary N) is 2. The number of carbonyl (C=O) groups is 2. The highest BCUT2D eigenvalue weighted by Gasteiger charge is 2.24. The summed E-state index contributed by atoms with van der Waals surface area (Å²) in [7, 11) is -0.752. The standard InChI is InChI=1S/C17H23N5O4S/c1-11-17(12(2)22(5)20-11)19-16(24)10-21(4)27(25,26)15-8-6-14(7-9-15)18-13(3)23/h6-9H,10H2,1-5H3,(H,18,23)(H,19,24). The van der Waals surface area contributed by atoms with E-state index in [-0.39, 0.29) is 17.3 Å². The van der Waals surface area contributed by atoms with E-state index in [0.29, 0.717) is 17.1 Å². The lowest BCUT2D eigenvalue weighted by molar-refractivity contribution is -0.116. The minimum absolute atomic E-state index is 0.0284. The van der Waals surface area contributed by atoms with Crippen molar-refractivity contribution in [2.24, 2.45) is 7.05 Å². The van der Waals surface area contributed by atoms with E-state index >= 15 is 0 Å². The molecular weight excluding hydrogens is 370 g/mol. The van der Waals surface area contributed by atoms with Gasteiger partial charge in [0.25, 0.3) is 0 Å². The molecule has 0 spiro atoms. The third-order valence-corrected chi connectivity index (χ3v) is 5.84. The molecule has 0 bridgehead atoms. The predicted molar refractivity (Wildman–Crippen MR) is 102 cm³/mol. The van der Waals surface area contributed by atoms with Crippen molar-refractivity contribution in [2.45, 2.75) is 25.7 Å². The zero-order valence-corrected chi connectivity index (χ0v) is 16.7. The molecule has 1 aromatic carbocycles. The van der Waals surface area contributed by atoms with Gasteiger partial charge in [0.15, 0.2) is 0 Å². The van der Waals surface area contributed by atoms with Crippen LogP contribution in [0, 0.1) is 13.8 Å². The van der Waals surface area contributed by atoms with Crippen LogP contribution in [-0.4, -0.2) is 47.9 Å². The lowest BCUT2D eigenvalue weighted by Gasteiger charge is -2.17. The molecule has 2 rings (SSSR count). The molecule has 0 unspecified atom stereocenters. The molecule has 0 radical (unpaired) electrons. The lowest BCUT2D eigenvalue weighted by Crippen LogP contribution is -2.35. The van der Waals surface area contributed by atoms with Gasteiger partial charge in [-0.2, -0.15) is 9.40 Å². The molecule has 0 aliphatic carbocycles. The van der Waals surface area contributed by atoms with Crippen molar-refractivity contribution < 1.29 is 18.0 Å². The van der Waals surface area contributed by atoms with E-state index in [1.54, 1.807) is 18.7 Å². The maximum atomic E-state index is 12.6. The maximum absolute atomic E-state index is 12.6. The zero-order valence-electron chi connectivity index (χ0n) is 15.9. The highest BCUT2D eigenvalue weighted by Crippen LogP contribution is 2.20. The van der Waals surface area contributed by atoms with E-state index in [1.165, 1.54) is 38.2 Å². The Kier molecular flexibility index (Phi) is 6.01. The Bertz CT molecular complexity index is 964. The van der Waals surface area contributed by atoms with Gasteiger partial charge < -0.3 is 10.6 Å². The van der Waals surface area contributed by atoms with Gasteiger partial charge in [0.05, 0.1) is 28.5 Å². The van der Waals surface area contributed by atoms with Gasteiger partial charge in [0, 0.05) is 26.7 Å². The van der Waals surface area contributed by atoms with Crippen LogP contribution >= 0.6 is 0 Å². The average Bonchev–Trinajstić information content (AvgIpc) is 2.81. The smallest absolute Gasteiger partial charge is 0.243 e. The highest BCUT2D eigenvalue weighted by atomic mass is 32.2. The number of rotatable bonds is 6. The van der Waals surface area contributed by atoms with E-state index in [0.717, 1.165) is 10.00 Å². The molecule has 0 aliphatic rings. The van der Waals surface area contributed by atoms with Crippen LogP contribution in [0.5, 0.6) is 0 Å². The molecule has 0 fully saturated rings. The second kappa shape index (κ2) is 7.89. The van der Waals surface area contributed by atoms with E-state index < -0.39 is 15.9 Å².